The molecular weight excluding hydrogens is 344 g/mol. The van der Waals surface area contributed by atoms with Crippen molar-refractivity contribution in [2.75, 3.05) is 18.7 Å². The van der Waals surface area contributed by atoms with E-state index in [1.54, 1.807) is 0 Å². The van der Waals surface area contributed by atoms with E-state index in [4.69, 9.17) is 39.7 Å². The van der Waals surface area contributed by atoms with Crippen LogP contribution in [0.15, 0.2) is 17.1 Å². The number of nitrogens with two attached hydrogens (primary N) is 1. The van der Waals surface area contributed by atoms with Crippen LogP contribution in [0.1, 0.15) is 0 Å². The second-order valence-corrected chi connectivity index (χ2v) is 5.90. The Morgan fingerprint density at radius 3 is 2.41 bits per heavy atom. The molecule has 7 N–H and O–H groups in total. The molecule has 0 fully saturated rings. The van der Waals surface area contributed by atoms with Gasteiger partial charge in [-0.1, -0.05) is 0 Å². The quantitative estimate of drug-likeness (QED) is 0.305. The molecule has 126 valence electrons. The third kappa shape index (κ3) is 10.5. The highest BCUT2D eigenvalue weighted by atomic mass is 31.2. The lowest BCUT2D eigenvalue weighted by Gasteiger charge is -2.16. The Hall–Kier alpha value is -1.23. The number of nitrogen functional groups attached to an aromatic ring is 1. The summed E-state index contributed by atoms with van der Waals surface area (Å²) in [4.78, 5) is 46.3. The molecule has 1 rings (SSSR count). The zero-order valence-corrected chi connectivity index (χ0v) is 12.9. The van der Waals surface area contributed by atoms with Crippen molar-refractivity contribution in [3.05, 3.63) is 22.7 Å². The highest BCUT2D eigenvalue weighted by Crippen LogP contribution is 2.34. The summed E-state index contributed by atoms with van der Waals surface area (Å²) in [5.41, 5.74) is 4.67. The molecule has 0 saturated heterocycles. The van der Waals surface area contributed by atoms with Gasteiger partial charge < -0.3 is 25.4 Å². The van der Waals surface area contributed by atoms with Gasteiger partial charge in [0.15, 0.2) is 0 Å². The molecule has 22 heavy (non-hydrogen) atoms. The smallest absolute Gasteiger partial charge is 0.394 e. The lowest BCUT2D eigenvalue weighted by atomic mass is 10.3. The number of aliphatic hydroxyl groups is 1. The van der Waals surface area contributed by atoms with Crippen LogP contribution >= 0.6 is 15.9 Å². The van der Waals surface area contributed by atoms with Crippen molar-refractivity contribution in [1.29, 1.82) is 0 Å². The molecule has 1 atom stereocenters. The van der Waals surface area contributed by atoms with Gasteiger partial charge in [0.2, 0.25) is 0 Å². The van der Waals surface area contributed by atoms with Gasteiger partial charge in [0.1, 0.15) is 12.2 Å². The predicted octanol–water partition coefficient (Wildman–Crippen LogP) is -2.03. The topological polar surface area (TPSA) is 205 Å². The van der Waals surface area contributed by atoms with Gasteiger partial charge in [-0.2, -0.15) is 4.98 Å². The number of nitrogens with zero attached hydrogens (tertiary/aromatic N) is 2. The van der Waals surface area contributed by atoms with E-state index in [-0.39, 0.29) is 12.4 Å². The first-order valence-corrected chi connectivity index (χ1v) is 8.46. The van der Waals surface area contributed by atoms with Crippen molar-refractivity contribution in [3.8, 4) is 0 Å². The van der Waals surface area contributed by atoms with Gasteiger partial charge in [-0.3, -0.25) is 9.13 Å². The molecule has 1 aromatic heterocycles. The van der Waals surface area contributed by atoms with E-state index in [2.05, 4.69) is 4.98 Å². The third-order valence-corrected chi connectivity index (χ3v) is 2.46. The first-order valence-electron chi connectivity index (χ1n) is 5.50. The number of aliphatic hydroxyl groups excluding tert-OH is 1. The van der Waals surface area contributed by atoms with E-state index >= 15 is 0 Å². The van der Waals surface area contributed by atoms with Crippen LogP contribution in [0.5, 0.6) is 0 Å². The number of hydrogen-bond donors (Lipinski definition) is 6. The maximum absolute atomic E-state index is 11.4. The van der Waals surface area contributed by atoms with E-state index < -0.39 is 40.6 Å². The zero-order valence-electron chi connectivity index (χ0n) is 11.1. The third-order valence-electron chi connectivity index (χ3n) is 1.98. The van der Waals surface area contributed by atoms with Crippen LogP contribution in [0.2, 0.25) is 0 Å². The van der Waals surface area contributed by atoms with Crippen LogP contribution in [-0.4, -0.2) is 53.3 Å². The standard InChI is InChI=1S/C8H14N3O6P.HO3P/c9-7-1-2-11(8(13)10-7)3-6(4-12)17-5-18(14,15)16;1-4(2)3/h1-2,6,12H,3-5H2,(H2,9,10,13)(H2,14,15,16);(H-,1,2,3)/p+1/t6-;/m0./s1. The van der Waals surface area contributed by atoms with Gasteiger partial charge in [0.25, 0.3) is 0 Å². The summed E-state index contributed by atoms with van der Waals surface area (Å²) < 4.78 is 25.2. The Balaban J connectivity index is 0.000000980. The zero-order chi connectivity index (χ0) is 17.3. The fourth-order valence-corrected chi connectivity index (χ4v) is 1.57. The van der Waals surface area contributed by atoms with E-state index in [1.807, 2.05) is 0 Å². The second-order valence-electron chi connectivity index (χ2n) is 3.81. The normalized spacial score (nSPS) is 12.2. The minimum atomic E-state index is -4.31. The Labute approximate surface area is 124 Å². The Morgan fingerprint density at radius 2 is 2.00 bits per heavy atom. The maximum atomic E-state index is 11.4. The van der Waals surface area contributed by atoms with E-state index in [0.29, 0.717) is 0 Å². The highest BCUT2D eigenvalue weighted by Gasteiger charge is 2.18. The van der Waals surface area contributed by atoms with Crippen molar-refractivity contribution < 1.29 is 38.5 Å². The van der Waals surface area contributed by atoms with Crippen molar-refractivity contribution >= 4 is 21.7 Å². The number of ether oxygens (including phenoxy) is 1. The Bertz CT molecular complexity index is 582. The minimum absolute atomic E-state index is 0.0629. The van der Waals surface area contributed by atoms with Gasteiger partial charge in [-0.15, -0.1) is 9.79 Å². The summed E-state index contributed by atoms with van der Waals surface area (Å²) >= 11 is 0. The maximum Gasteiger partial charge on any atom is 0.692 e. The molecule has 14 heteroatoms. The molecule has 0 bridgehead atoms. The van der Waals surface area contributed by atoms with Gasteiger partial charge in [0, 0.05) is 10.8 Å². The molecule has 1 heterocycles. The van der Waals surface area contributed by atoms with Crippen LogP contribution in [0.25, 0.3) is 0 Å². The van der Waals surface area contributed by atoms with E-state index in [1.165, 1.54) is 12.3 Å². The van der Waals surface area contributed by atoms with Gasteiger partial charge in [-0.05, 0) is 6.07 Å². The summed E-state index contributed by atoms with van der Waals surface area (Å²) in [6.45, 7) is -0.570. The summed E-state index contributed by atoms with van der Waals surface area (Å²) in [5.74, 6) is 0.0629. The summed E-state index contributed by atoms with van der Waals surface area (Å²) in [6.07, 6.45) is -0.385. The number of aromatic nitrogens is 2. The molecule has 0 aliphatic heterocycles. The number of hydrogen-bond acceptors (Lipinski definition) is 7. The van der Waals surface area contributed by atoms with Crippen molar-refractivity contribution in [2.45, 2.75) is 12.6 Å². The lowest BCUT2D eigenvalue weighted by molar-refractivity contribution is 0.0188. The van der Waals surface area contributed by atoms with Crippen LogP contribution in [0, 0.1) is 0 Å². The van der Waals surface area contributed by atoms with Crippen molar-refractivity contribution in [1.82, 2.24) is 9.55 Å². The largest absolute Gasteiger partial charge is 0.692 e. The molecule has 0 aromatic carbocycles. The van der Waals surface area contributed by atoms with Crippen LogP contribution < -0.4 is 11.4 Å². The van der Waals surface area contributed by atoms with Gasteiger partial charge in [0.05, 0.1) is 19.3 Å². The van der Waals surface area contributed by atoms with Crippen LogP contribution in [0.4, 0.5) is 5.82 Å². The van der Waals surface area contributed by atoms with E-state index in [0.717, 1.165) is 4.57 Å². The van der Waals surface area contributed by atoms with Crippen LogP contribution in [-0.2, 0) is 20.4 Å². The molecule has 0 saturated carbocycles. The molecule has 0 aliphatic carbocycles. The molecular formula is C8H16N3O9P2+. The van der Waals surface area contributed by atoms with Crippen molar-refractivity contribution in [3.63, 3.8) is 0 Å². The number of rotatable bonds is 6. The predicted molar refractivity (Wildman–Crippen MR) is 73.8 cm³/mol. The molecule has 1 aromatic rings. The van der Waals surface area contributed by atoms with E-state index in [9.17, 15) is 9.36 Å². The first kappa shape index (κ1) is 20.8. The summed E-state index contributed by atoms with van der Waals surface area (Å²) in [5, 5.41) is 8.99. The fraction of sp³-hybridized carbons (Fsp3) is 0.500. The molecule has 0 spiro atoms. The summed E-state index contributed by atoms with van der Waals surface area (Å²) in [7, 11) is -7.18. The molecule has 0 unspecified atom stereocenters. The fourth-order valence-electron chi connectivity index (χ4n) is 1.17. The van der Waals surface area contributed by atoms with Gasteiger partial charge >= 0.3 is 21.5 Å². The summed E-state index contributed by atoms with van der Waals surface area (Å²) in [6, 6.07) is 1.39. The van der Waals surface area contributed by atoms with Crippen molar-refractivity contribution in [2.24, 2.45) is 0 Å². The first-order chi connectivity index (χ1) is 10.0. The van der Waals surface area contributed by atoms with Crippen LogP contribution in [0.3, 0.4) is 0 Å². The average molecular weight is 360 g/mol. The second kappa shape index (κ2) is 9.72. The minimum Gasteiger partial charge on any atom is -0.394 e. The SMILES string of the molecule is Nc1ccn(C[C@@H](CO)OCP(=O)(O)O)c(=O)n1.O=[P+](O)O. The lowest BCUT2D eigenvalue weighted by Crippen LogP contribution is -2.32. The number of anilines is 1. The highest BCUT2D eigenvalue weighted by molar-refractivity contribution is 7.51. The van der Waals surface area contributed by atoms with Gasteiger partial charge in [-0.25, -0.2) is 4.79 Å². The molecule has 0 amide bonds. The Kier molecular flexibility index (Phi) is 9.18. The monoisotopic (exact) mass is 360 g/mol. The molecule has 12 nitrogen and oxygen atoms in total. The Morgan fingerprint density at radius 1 is 1.45 bits per heavy atom. The molecule has 0 aliphatic rings. The molecule has 0 radical (unpaired) electrons. The average Bonchev–Trinajstić information content (AvgIpc) is 2.35.